The molecule has 0 bridgehead atoms. The molecule has 7 atom stereocenters. The van der Waals surface area contributed by atoms with Gasteiger partial charge in [0, 0.05) is 19.4 Å². The predicted octanol–water partition coefficient (Wildman–Crippen LogP) is 3.16. The first-order chi connectivity index (χ1) is 15.1. The zero-order chi connectivity index (χ0) is 22.9. The van der Waals surface area contributed by atoms with E-state index in [1.807, 2.05) is 0 Å². The lowest BCUT2D eigenvalue weighted by Gasteiger charge is -2.61. The van der Waals surface area contributed by atoms with Gasteiger partial charge in [0.25, 0.3) is 0 Å². The van der Waals surface area contributed by atoms with Gasteiger partial charge in [0.1, 0.15) is 18.1 Å². The molecule has 0 amide bonds. The molecule has 174 valence electrons. The van der Waals surface area contributed by atoms with Gasteiger partial charge in [0.05, 0.1) is 5.60 Å². The minimum atomic E-state index is -1.38. The molecular formula is C25H32O7. The third-order valence-corrected chi connectivity index (χ3v) is 9.47. The van der Waals surface area contributed by atoms with Gasteiger partial charge < -0.3 is 19.7 Å². The van der Waals surface area contributed by atoms with Crippen molar-refractivity contribution >= 4 is 17.9 Å². The maximum Gasteiger partial charge on any atom is 0.331 e. The summed E-state index contributed by atoms with van der Waals surface area (Å²) in [5, 5.41) is 22.2. The number of aliphatic hydroxyl groups is 1. The van der Waals surface area contributed by atoms with Crippen molar-refractivity contribution in [2.24, 2.45) is 28.6 Å². The van der Waals surface area contributed by atoms with E-state index in [0.29, 0.717) is 25.9 Å². The predicted molar refractivity (Wildman–Crippen MR) is 113 cm³/mol. The van der Waals surface area contributed by atoms with Crippen molar-refractivity contribution in [3.8, 4) is 0 Å². The van der Waals surface area contributed by atoms with E-state index in [0.717, 1.165) is 31.3 Å². The smallest absolute Gasteiger partial charge is 0.331 e. The highest BCUT2D eigenvalue weighted by molar-refractivity contribution is 5.85. The Hall–Kier alpha value is -2.15. The van der Waals surface area contributed by atoms with E-state index in [2.05, 4.69) is 13.0 Å². The van der Waals surface area contributed by atoms with Crippen LogP contribution in [-0.2, 0) is 23.9 Å². The van der Waals surface area contributed by atoms with Gasteiger partial charge in [-0.05, 0) is 73.7 Å². The van der Waals surface area contributed by atoms with Crippen LogP contribution in [0.1, 0.15) is 65.2 Å². The van der Waals surface area contributed by atoms with Crippen molar-refractivity contribution in [2.75, 3.05) is 6.61 Å². The van der Waals surface area contributed by atoms with E-state index >= 15 is 0 Å². The highest BCUT2D eigenvalue weighted by Crippen LogP contribution is 2.68. The van der Waals surface area contributed by atoms with Crippen molar-refractivity contribution in [2.45, 2.75) is 76.9 Å². The summed E-state index contributed by atoms with van der Waals surface area (Å²) in [6.45, 7) is 3.95. The van der Waals surface area contributed by atoms with Crippen LogP contribution >= 0.6 is 0 Å². The standard InChI is InChI=1S/C25H32O7/c1-14(26)32-16-5-10-25(22(28)29)20-7-8-23(2)18(15-11-21(27)31-13-15)3-4-19(23)17(20)6-9-24(25,30)12-16/h4,11,16-18,20,30H,3,5-10,12-13H2,1-2H3,(H,28,29)/t16?,17?,18-,20?,23?,24?,25?/m0/s1. The number of hydrogen-bond donors (Lipinski definition) is 2. The Balaban J connectivity index is 1.46. The Labute approximate surface area is 187 Å². The number of carboxylic acids is 1. The first kappa shape index (κ1) is 21.7. The molecular weight excluding hydrogens is 412 g/mol. The SMILES string of the molecule is CC(=O)OC1CCC2(C(=O)O)C3CCC4(C)C(=CC[C@H]4C4=CC(=O)OC4)C3CCC2(O)C1. The lowest BCUT2D eigenvalue weighted by atomic mass is 9.43. The van der Waals surface area contributed by atoms with E-state index in [4.69, 9.17) is 9.47 Å². The van der Waals surface area contributed by atoms with Gasteiger partial charge >= 0.3 is 17.9 Å². The molecule has 0 spiro atoms. The minimum absolute atomic E-state index is 0.106. The maximum atomic E-state index is 12.8. The molecule has 6 unspecified atom stereocenters. The second-order valence-corrected chi connectivity index (χ2v) is 10.8. The zero-order valence-corrected chi connectivity index (χ0v) is 18.8. The van der Waals surface area contributed by atoms with Gasteiger partial charge in [-0.15, -0.1) is 0 Å². The molecule has 0 radical (unpaired) electrons. The molecule has 0 saturated heterocycles. The van der Waals surface area contributed by atoms with Crippen LogP contribution in [0.4, 0.5) is 0 Å². The monoisotopic (exact) mass is 444 g/mol. The summed E-state index contributed by atoms with van der Waals surface area (Å²) in [6, 6.07) is 0. The average Bonchev–Trinajstić information content (AvgIpc) is 3.28. The maximum absolute atomic E-state index is 12.8. The summed E-state index contributed by atoms with van der Waals surface area (Å²) in [4.78, 5) is 36.0. The van der Waals surface area contributed by atoms with Crippen LogP contribution in [0.3, 0.4) is 0 Å². The van der Waals surface area contributed by atoms with Gasteiger partial charge in [-0.1, -0.05) is 18.6 Å². The molecule has 5 rings (SSSR count). The fourth-order valence-electron chi connectivity index (χ4n) is 8.14. The first-order valence-corrected chi connectivity index (χ1v) is 11.8. The van der Waals surface area contributed by atoms with Crippen LogP contribution in [0.25, 0.3) is 0 Å². The molecule has 7 nitrogen and oxygen atoms in total. The van der Waals surface area contributed by atoms with Gasteiger partial charge in [0.2, 0.25) is 0 Å². The number of hydrogen-bond acceptors (Lipinski definition) is 6. The molecule has 0 aromatic heterocycles. The third kappa shape index (κ3) is 2.86. The van der Waals surface area contributed by atoms with Crippen LogP contribution in [0.5, 0.6) is 0 Å². The molecule has 1 heterocycles. The fraction of sp³-hybridized carbons (Fsp3) is 0.720. The Morgan fingerprint density at radius 3 is 2.62 bits per heavy atom. The third-order valence-electron chi connectivity index (χ3n) is 9.47. The molecule has 0 aromatic rings. The van der Waals surface area contributed by atoms with Crippen LogP contribution in [0.15, 0.2) is 23.3 Å². The molecule has 7 heteroatoms. The second-order valence-electron chi connectivity index (χ2n) is 10.8. The molecule has 5 aliphatic rings. The summed E-state index contributed by atoms with van der Waals surface area (Å²) in [6.07, 6.45) is 7.95. The van der Waals surface area contributed by atoms with Crippen LogP contribution in [-0.4, -0.2) is 46.4 Å². The highest BCUT2D eigenvalue weighted by atomic mass is 16.5. The number of allylic oxidation sites excluding steroid dienone is 2. The van der Waals surface area contributed by atoms with Crippen molar-refractivity contribution in [1.82, 2.24) is 0 Å². The molecule has 2 N–H and O–H groups in total. The van der Waals surface area contributed by atoms with Gasteiger partial charge in [-0.2, -0.15) is 0 Å². The quantitative estimate of drug-likeness (QED) is 0.508. The van der Waals surface area contributed by atoms with Crippen molar-refractivity contribution in [1.29, 1.82) is 0 Å². The number of carbonyl (C=O) groups is 3. The molecule has 32 heavy (non-hydrogen) atoms. The number of ether oxygens (including phenoxy) is 2. The summed E-state index contributed by atoms with van der Waals surface area (Å²) < 4.78 is 10.6. The van der Waals surface area contributed by atoms with Crippen LogP contribution in [0, 0.1) is 28.6 Å². The average molecular weight is 445 g/mol. The van der Waals surface area contributed by atoms with Crippen LogP contribution in [0.2, 0.25) is 0 Å². The Morgan fingerprint density at radius 2 is 1.97 bits per heavy atom. The van der Waals surface area contributed by atoms with E-state index in [1.54, 1.807) is 6.08 Å². The second kappa shape index (κ2) is 7.17. The Morgan fingerprint density at radius 1 is 1.19 bits per heavy atom. The lowest BCUT2D eigenvalue weighted by Crippen LogP contribution is -2.66. The zero-order valence-electron chi connectivity index (χ0n) is 18.8. The summed E-state index contributed by atoms with van der Waals surface area (Å²) >= 11 is 0. The van der Waals surface area contributed by atoms with E-state index in [9.17, 15) is 24.6 Å². The number of esters is 2. The molecule has 0 aromatic carbocycles. The van der Waals surface area contributed by atoms with E-state index in [-0.39, 0.29) is 35.6 Å². The van der Waals surface area contributed by atoms with Gasteiger partial charge in [0.15, 0.2) is 0 Å². The van der Waals surface area contributed by atoms with Crippen molar-refractivity contribution in [3.05, 3.63) is 23.3 Å². The van der Waals surface area contributed by atoms with Gasteiger partial charge in [-0.25, -0.2) is 4.79 Å². The van der Waals surface area contributed by atoms with Crippen molar-refractivity contribution in [3.63, 3.8) is 0 Å². The number of rotatable bonds is 3. The largest absolute Gasteiger partial charge is 0.481 e. The summed E-state index contributed by atoms with van der Waals surface area (Å²) in [5.74, 6) is -1.42. The highest BCUT2D eigenvalue weighted by Gasteiger charge is 2.69. The van der Waals surface area contributed by atoms with Crippen LogP contribution < -0.4 is 0 Å². The topological polar surface area (TPSA) is 110 Å². The van der Waals surface area contributed by atoms with Crippen molar-refractivity contribution < 1.29 is 34.1 Å². The number of fused-ring (bicyclic) bond motifs is 5. The van der Waals surface area contributed by atoms with Gasteiger partial charge in [-0.3, -0.25) is 9.59 Å². The summed E-state index contributed by atoms with van der Waals surface area (Å²) in [5.41, 5.74) is -0.351. The molecule has 3 saturated carbocycles. The normalized spacial score (nSPS) is 45.0. The molecule has 1 aliphatic heterocycles. The summed E-state index contributed by atoms with van der Waals surface area (Å²) in [7, 11) is 0. The first-order valence-electron chi connectivity index (χ1n) is 11.8. The molecule has 3 fully saturated rings. The van der Waals surface area contributed by atoms with E-state index in [1.165, 1.54) is 12.5 Å². The lowest BCUT2D eigenvalue weighted by molar-refractivity contribution is -0.225. The number of carboxylic acid groups (broad SMARTS) is 1. The Kier molecular flexibility index (Phi) is 4.86. The number of aliphatic carboxylic acids is 1. The number of carbonyl (C=O) groups excluding carboxylic acids is 2. The Bertz CT molecular complexity index is 935. The van der Waals surface area contributed by atoms with E-state index < -0.39 is 29.1 Å². The minimum Gasteiger partial charge on any atom is -0.481 e. The molecule has 4 aliphatic carbocycles. The fourth-order valence-corrected chi connectivity index (χ4v) is 8.14. The number of cyclic esters (lactones) is 1.